The van der Waals surface area contributed by atoms with Gasteiger partial charge in [-0.25, -0.2) is 0 Å². The van der Waals surface area contributed by atoms with E-state index in [0.29, 0.717) is 0 Å². The Morgan fingerprint density at radius 1 is 1.15 bits per heavy atom. The van der Waals surface area contributed by atoms with Gasteiger partial charge in [0.25, 0.3) is 0 Å². The molecule has 0 saturated carbocycles. The molecule has 13 heavy (non-hydrogen) atoms. The summed E-state index contributed by atoms with van der Waals surface area (Å²) in [5, 5.41) is 0. The average molecular weight is 221 g/mol. The minimum atomic E-state index is -0.291. The van der Waals surface area contributed by atoms with Gasteiger partial charge in [-0.2, -0.15) is 0 Å². The molecule has 0 bridgehead atoms. The van der Waals surface area contributed by atoms with Crippen molar-refractivity contribution in [1.82, 2.24) is 0 Å². The molecule has 0 aliphatic carbocycles. The molecule has 0 aliphatic heterocycles. The van der Waals surface area contributed by atoms with Crippen LogP contribution in [-0.4, -0.2) is 9.96 Å². The summed E-state index contributed by atoms with van der Waals surface area (Å²) in [7, 11) is 0. The maximum absolute atomic E-state index is 5.97. The Hall–Kier alpha value is 0.660. The van der Waals surface area contributed by atoms with Crippen molar-refractivity contribution in [2.24, 2.45) is 5.73 Å². The van der Waals surface area contributed by atoms with Crippen LogP contribution in [0.4, 0.5) is 0 Å². The first-order valence-corrected chi connectivity index (χ1v) is 6.71. The average Bonchev–Trinajstić information content (AvgIpc) is 2.04. The molecular formula is C10H23NS2. The van der Waals surface area contributed by atoms with E-state index in [2.05, 4.69) is 26.5 Å². The normalized spacial score (nSPS) is 15.7. The molecule has 0 saturated heterocycles. The second-order valence-electron chi connectivity index (χ2n) is 3.44. The first-order chi connectivity index (χ1) is 6.12. The molecule has 80 valence electrons. The van der Waals surface area contributed by atoms with Gasteiger partial charge in [-0.15, -0.1) is 24.4 Å². The summed E-state index contributed by atoms with van der Waals surface area (Å²) in [6, 6.07) is 0. The molecule has 0 fully saturated rings. The lowest BCUT2D eigenvalue weighted by molar-refractivity contribution is 0.590. The van der Waals surface area contributed by atoms with E-state index in [4.69, 9.17) is 5.73 Å². The van der Waals surface area contributed by atoms with Gasteiger partial charge < -0.3 is 5.73 Å². The van der Waals surface area contributed by atoms with Gasteiger partial charge in [0.05, 0.1) is 0 Å². The molecule has 1 nitrogen and oxygen atoms in total. The molecule has 1 unspecified atom stereocenters. The van der Waals surface area contributed by atoms with Crippen LogP contribution in [0.25, 0.3) is 0 Å². The zero-order chi connectivity index (χ0) is 10.2. The van der Waals surface area contributed by atoms with E-state index < -0.39 is 0 Å². The Labute approximate surface area is 92.6 Å². The maximum Gasteiger partial charge on any atom is 0.106 e. The number of nitrogens with two attached hydrogens (primary N) is 1. The zero-order valence-corrected chi connectivity index (χ0v) is 10.6. The fraction of sp³-hybridized carbons (Fsp3) is 1.00. The highest BCUT2D eigenvalue weighted by Crippen LogP contribution is 2.29. The van der Waals surface area contributed by atoms with Gasteiger partial charge in [0, 0.05) is 0 Å². The van der Waals surface area contributed by atoms with Crippen LogP contribution in [0.5, 0.6) is 0 Å². The van der Waals surface area contributed by atoms with Crippen molar-refractivity contribution >= 4 is 24.4 Å². The van der Waals surface area contributed by atoms with Crippen molar-refractivity contribution < 1.29 is 0 Å². The second-order valence-corrected chi connectivity index (χ2v) is 6.14. The predicted molar refractivity (Wildman–Crippen MR) is 67.4 cm³/mol. The third-order valence-corrected chi connectivity index (χ3v) is 3.64. The fourth-order valence-electron chi connectivity index (χ4n) is 1.30. The summed E-state index contributed by atoms with van der Waals surface area (Å²) < 4.78 is -0.291. The van der Waals surface area contributed by atoms with Gasteiger partial charge in [-0.3, -0.25) is 0 Å². The van der Waals surface area contributed by atoms with Crippen LogP contribution in [-0.2, 0) is 0 Å². The van der Waals surface area contributed by atoms with Gasteiger partial charge in [-0.05, 0) is 18.6 Å². The van der Waals surface area contributed by atoms with Crippen molar-refractivity contribution in [3.8, 4) is 0 Å². The number of hydrogen-bond acceptors (Lipinski definition) is 3. The van der Waals surface area contributed by atoms with Crippen LogP contribution in [0.3, 0.4) is 0 Å². The van der Waals surface area contributed by atoms with Crippen LogP contribution in [0, 0.1) is 0 Å². The summed E-state index contributed by atoms with van der Waals surface area (Å²) in [4.78, 5) is 0. The molecule has 3 heteroatoms. The second kappa shape index (κ2) is 8.01. The minimum absolute atomic E-state index is 0.291. The van der Waals surface area contributed by atoms with Crippen molar-refractivity contribution in [3.63, 3.8) is 0 Å². The number of thiol groups is 1. The van der Waals surface area contributed by atoms with Gasteiger partial charge in [0.15, 0.2) is 0 Å². The molecule has 0 spiro atoms. The lowest BCUT2D eigenvalue weighted by atomic mass is 10.1. The highest BCUT2D eigenvalue weighted by molar-refractivity contribution is 8.11. The Bertz CT molecular complexity index is 115. The minimum Gasteiger partial charge on any atom is -0.309 e. The molecular weight excluding hydrogens is 198 g/mol. The first-order valence-electron chi connectivity index (χ1n) is 5.27. The molecule has 1 atom stereocenters. The SMILES string of the molecule is CCCCCCCC(N)(S)SCC. The number of rotatable bonds is 8. The van der Waals surface area contributed by atoms with Crippen molar-refractivity contribution in [2.75, 3.05) is 5.75 Å². The van der Waals surface area contributed by atoms with E-state index in [1.807, 2.05) is 0 Å². The smallest absolute Gasteiger partial charge is 0.106 e. The molecule has 0 aromatic carbocycles. The van der Waals surface area contributed by atoms with Crippen molar-refractivity contribution in [2.45, 2.75) is 56.6 Å². The van der Waals surface area contributed by atoms with Crippen LogP contribution in [0.2, 0.25) is 0 Å². The fourth-order valence-corrected chi connectivity index (χ4v) is 2.64. The molecule has 0 radical (unpaired) electrons. The van der Waals surface area contributed by atoms with Crippen LogP contribution in [0.1, 0.15) is 52.4 Å². The van der Waals surface area contributed by atoms with E-state index in [9.17, 15) is 0 Å². The van der Waals surface area contributed by atoms with E-state index in [0.717, 1.165) is 12.2 Å². The predicted octanol–water partition coefficient (Wildman–Crippen LogP) is 3.64. The molecule has 0 amide bonds. The van der Waals surface area contributed by atoms with Crippen molar-refractivity contribution in [1.29, 1.82) is 0 Å². The van der Waals surface area contributed by atoms with Crippen molar-refractivity contribution in [3.05, 3.63) is 0 Å². The quantitative estimate of drug-likeness (QED) is 0.372. The zero-order valence-electron chi connectivity index (χ0n) is 8.88. The van der Waals surface area contributed by atoms with Gasteiger partial charge >= 0.3 is 0 Å². The Balaban J connectivity index is 3.29. The van der Waals surface area contributed by atoms with Crippen LogP contribution in [0.15, 0.2) is 0 Å². The van der Waals surface area contributed by atoms with Gasteiger partial charge in [0.1, 0.15) is 4.20 Å². The van der Waals surface area contributed by atoms with Crippen LogP contribution < -0.4 is 5.73 Å². The van der Waals surface area contributed by atoms with Gasteiger partial charge in [0.2, 0.25) is 0 Å². The molecule has 0 aromatic heterocycles. The molecule has 2 N–H and O–H groups in total. The Kier molecular flexibility index (Phi) is 8.42. The lowest BCUT2D eigenvalue weighted by Crippen LogP contribution is -2.29. The summed E-state index contributed by atoms with van der Waals surface area (Å²) in [6.07, 6.45) is 7.55. The van der Waals surface area contributed by atoms with E-state index >= 15 is 0 Å². The standard InChI is InChI=1S/C10H23NS2/c1-3-5-6-7-8-9-10(11,12)13-4-2/h12H,3-9,11H2,1-2H3. The number of unbranched alkanes of at least 4 members (excludes halogenated alkanes) is 4. The summed E-state index contributed by atoms with van der Waals surface area (Å²) in [6.45, 7) is 4.36. The molecule has 0 aromatic rings. The largest absolute Gasteiger partial charge is 0.309 e. The van der Waals surface area contributed by atoms with Gasteiger partial charge in [-0.1, -0.05) is 39.5 Å². The van der Waals surface area contributed by atoms with E-state index in [1.54, 1.807) is 11.8 Å². The van der Waals surface area contributed by atoms with Crippen LogP contribution >= 0.6 is 24.4 Å². The molecule has 0 heterocycles. The molecule has 0 aliphatic rings. The topological polar surface area (TPSA) is 26.0 Å². The highest BCUT2D eigenvalue weighted by Gasteiger charge is 2.17. The van der Waals surface area contributed by atoms with E-state index in [-0.39, 0.29) is 4.20 Å². The third kappa shape index (κ3) is 8.98. The number of thioether (sulfide) groups is 1. The first kappa shape index (κ1) is 13.7. The summed E-state index contributed by atoms with van der Waals surface area (Å²) in [5.74, 6) is 1.05. The third-order valence-electron chi connectivity index (χ3n) is 2.03. The summed E-state index contributed by atoms with van der Waals surface area (Å²) in [5.41, 5.74) is 5.97. The number of hydrogen-bond donors (Lipinski definition) is 2. The van der Waals surface area contributed by atoms with E-state index in [1.165, 1.54) is 32.1 Å². The maximum atomic E-state index is 5.97. The lowest BCUT2D eigenvalue weighted by Gasteiger charge is -2.21. The summed E-state index contributed by atoms with van der Waals surface area (Å²) >= 11 is 6.17. The molecule has 0 rings (SSSR count). The Morgan fingerprint density at radius 3 is 2.31 bits per heavy atom. The monoisotopic (exact) mass is 221 g/mol. The Morgan fingerprint density at radius 2 is 1.77 bits per heavy atom. The highest BCUT2D eigenvalue weighted by atomic mass is 32.2.